The second kappa shape index (κ2) is 7.49. The molecule has 0 fully saturated rings. The Bertz CT molecular complexity index is 517. The fraction of sp³-hybridized carbons (Fsp3) is 0.429. The van der Waals surface area contributed by atoms with Crippen LogP contribution in [0.25, 0.3) is 0 Å². The van der Waals surface area contributed by atoms with E-state index >= 15 is 0 Å². The summed E-state index contributed by atoms with van der Waals surface area (Å²) in [6, 6.07) is 3.78. The number of hydrogen-bond donors (Lipinski definition) is 3. The summed E-state index contributed by atoms with van der Waals surface area (Å²) in [6.07, 6.45) is 0. The Labute approximate surface area is 123 Å². The minimum absolute atomic E-state index is 0.0976. The summed E-state index contributed by atoms with van der Waals surface area (Å²) < 4.78 is 4.75. The fourth-order valence-electron chi connectivity index (χ4n) is 1.84. The van der Waals surface area contributed by atoms with Gasteiger partial charge in [0.25, 0.3) is 0 Å². The van der Waals surface area contributed by atoms with Crippen LogP contribution < -0.4 is 15.5 Å². The molecule has 0 aliphatic heterocycles. The van der Waals surface area contributed by atoms with Gasteiger partial charge in [0.1, 0.15) is 0 Å². The molecule has 3 N–H and O–H groups in total. The van der Waals surface area contributed by atoms with Gasteiger partial charge in [-0.1, -0.05) is 6.07 Å². The van der Waals surface area contributed by atoms with Crippen LogP contribution in [0.2, 0.25) is 0 Å². The SMILES string of the molecule is COCC(NC(=O)Nc1ccc(C)c(N(C)C)c1)C(=O)O. The summed E-state index contributed by atoms with van der Waals surface area (Å²) in [7, 11) is 5.19. The van der Waals surface area contributed by atoms with Gasteiger partial charge in [-0.3, -0.25) is 0 Å². The molecule has 0 heterocycles. The van der Waals surface area contributed by atoms with E-state index in [1.807, 2.05) is 38.1 Å². The van der Waals surface area contributed by atoms with Gasteiger partial charge in [-0.05, 0) is 24.6 Å². The van der Waals surface area contributed by atoms with Crippen LogP contribution in [0.4, 0.5) is 16.2 Å². The molecule has 7 heteroatoms. The van der Waals surface area contributed by atoms with E-state index in [0.29, 0.717) is 5.69 Å². The number of benzene rings is 1. The van der Waals surface area contributed by atoms with Crippen molar-refractivity contribution < 1.29 is 19.4 Å². The molecule has 1 aromatic carbocycles. The van der Waals surface area contributed by atoms with E-state index in [4.69, 9.17) is 9.84 Å². The molecule has 1 atom stereocenters. The van der Waals surface area contributed by atoms with Crippen molar-refractivity contribution in [1.82, 2.24) is 5.32 Å². The van der Waals surface area contributed by atoms with Crippen LogP contribution in [0, 0.1) is 6.92 Å². The van der Waals surface area contributed by atoms with Crippen LogP contribution in [-0.2, 0) is 9.53 Å². The molecule has 1 rings (SSSR count). The van der Waals surface area contributed by atoms with Crippen LogP contribution in [0.1, 0.15) is 5.56 Å². The normalized spacial score (nSPS) is 11.6. The van der Waals surface area contributed by atoms with Crippen molar-refractivity contribution in [2.24, 2.45) is 0 Å². The molecule has 0 aromatic heterocycles. The van der Waals surface area contributed by atoms with Crippen LogP contribution >= 0.6 is 0 Å². The molecule has 21 heavy (non-hydrogen) atoms. The number of nitrogens with zero attached hydrogens (tertiary/aromatic N) is 1. The topological polar surface area (TPSA) is 90.9 Å². The number of amides is 2. The first kappa shape index (κ1) is 16.8. The third kappa shape index (κ3) is 4.96. The smallest absolute Gasteiger partial charge is 0.328 e. The fourth-order valence-corrected chi connectivity index (χ4v) is 1.84. The minimum atomic E-state index is -1.15. The van der Waals surface area contributed by atoms with Crippen molar-refractivity contribution in [2.75, 3.05) is 38.0 Å². The summed E-state index contributed by atoms with van der Waals surface area (Å²) in [5.74, 6) is -1.15. The third-order valence-electron chi connectivity index (χ3n) is 2.89. The molecule has 0 aliphatic carbocycles. The van der Waals surface area contributed by atoms with Gasteiger partial charge in [0.15, 0.2) is 6.04 Å². The number of anilines is 2. The standard InChI is InChI=1S/C14H21N3O4/c1-9-5-6-10(7-12(9)17(2)3)15-14(20)16-11(8-21-4)13(18)19/h5-7,11H,8H2,1-4H3,(H,18,19)(H2,15,16,20). The van der Waals surface area contributed by atoms with E-state index in [-0.39, 0.29) is 6.61 Å². The number of carbonyl (C=O) groups excluding carboxylic acids is 1. The molecule has 0 saturated heterocycles. The molecule has 0 bridgehead atoms. The maximum atomic E-state index is 11.8. The maximum absolute atomic E-state index is 11.8. The Hall–Kier alpha value is -2.28. The van der Waals surface area contributed by atoms with Crippen LogP contribution in [0.15, 0.2) is 18.2 Å². The minimum Gasteiger partial charge on any atom is -0.480 e. The molecule has 0 aliphatic rings. The Morgan fingerprint density at radius 1 is 1.38 bits per heavy atom. The number of rotatable bonds is 6. The molecule has 0 radical (unpaired) electrons. The van der Waals surface area contributed by atoms with Crippen molar-refractivity contribution in [3.05, 3.63) is 23.8 Å². The predicted octanol–water partition coefficient (Wildman–Crippen LogP) is 1.28. The molecule has 2 amide bonds. The van der Waals surface area contributed by atoms with E-state index in [9.17, 15) is 9.59 Å². The second-order valence-electron chi connectivity index (χ2n) is 4.84. The maximum Gasteiger partial charge on any atom is 0.328 e. The molecule has 7 nitrogen and oxygen atoms in total. The predicted molar refractivity (Wildman–Crippen MR) is 81.0 cm³/mol. The molecule has 1 aromatic rings. The molecular formula is C14H21N3O4. The average Bonchev–Trinajstić information content (AvgIpc) is 2.40. The number of aliphatic carboxylic acids is 1. The monoisotopic (exact) mass is 295 g/mol. The lowest BCUT2D eigenvalue weighted by atomic mass is 10.1. The number of nitrogens with one attached hydrogen (secondary N) is 2. The van der Waals surface area contributed by atoms with E-state index in [2.05, 4.69) is 10.6 Å². The van der Waals surface area contributed by atoms with Gasteiger partial charge in [-0.2, -0.15) is 0 Å². The van der Waals surface area contributed by atoms with Gasteiger partial charge in [0.2, 0.25) is 0 Å². The van der Waals surface area contributed by atoms with E-state index in [1.165, 1.54) is 7.11 Å². The van der Waals surface area contributed by atoms with Gasteiger partial charge >= 0.3 is 12.0 Å². The Morgan fingerprint density at radius 3 is 2.57 bits per heavy atom. The first-order valence-corrected chi connectivity index (χ1v) is 6.42. The Balaban J connectivity index is 2.74. The molecule has 116 valence electrons. The highest BCUT2D eigenvalue weighted by Crippen LogP contribution is 2.22. The zero-order valence-electron chi connectivity index (χ0n) is 12.6. The highest BCUT2D eigenvalue weighted by atomic mass is 16.5. The molecule has 0 spiro atoms. The van der Waals surface area contributed by atoms with Crippen molar-refractivity contribution >= 4 is 23.4 Å². The number of carboxylic acids is 1. The lowest BCUT2D eigenvalue weighted by Gasteiger charge is -2.18. The van der Waals surface area contributed by atoms with Crippen LogP contribution in [0.3, 0.4) is 0 Å². The highest BCUT2D eigenvalue weighted by Gasteiger charge is 2.19. The zero-order chi connectivity index (χ0) is 16.0. The summed E-state index contributed by atoms with van der Waals surface area (Å²) in [6.45, 7) is 1.87. The largest absolute Gasteiger partial charge is 0.480 e. The van der Waals surface area contributed by atoms with Gasteiger partial charge in [-0.15, -0.1) is 0 Å². The van der Waals surface area contributed by atoms with Crippen molar-refractivity contribution in [1.29, 1.82) is 0 Å². The number of ether oxygens (including phenoxy) is 1. The lowest BCUT2D eigenvalue weighted by Crippen LogP contribution is -2.45. The van der Waals surface area contributed by atoms with Crippen molar-refractivity contribution in [3.8, 4) is 0 Å². The van der Waals surface area contributed by atoms with Crippen molar-refractivity contribution in [2.45, 2.75) is 13.0 Å². The Morgan fingerprint density at radius 2 is 2.05 bits per heavy atom. The number of methoxy groups -OCH3 is 1. The van der Waals surface area contributed by atoms with Gasteiger partial charge in [0.05, 0.1) is 6.61 Å². The molecule has 1 unspecified atom stereocenters. The number of carboxylic acid groups (broad SMARTS) is 1. The summed E-state index contributed by atoms with van der Waals surface area (Å²) in [4.78, 5) is 24.7. The number of urea groups is 1. The Kier molecular flexibility index (Phi) is 5.98. The number of aryl methyl sites for hydroxylation is 1. The summed E-state index contributed by atoms with van der Waals surface area (Å²) >= 11 is 0. The van der Waals surface area contributed by atoms with Crippen LogP contribution in [-0.4, -0.2) is 51.0 Å². The second-order valence-corrected chi connectivity index (χ2v) is 4.84. The number of carbonyl (C=O) groups is 2. The molecular weight excluding hydrogens is 274 g/mol. The van der Waals surface area contributed by atoms with E-state index in [1.54, 1.807) is 6.07 Å². The van der Waals surface area contributed by atoms with Crippen LogP contribution in [0.5, 0.6) is 0 Å². The summed E-state index contributed by atoms with van der Waals surface area (Å²) in [5, 5.41) is 13.9. The quantitative estimate of drug-likeness (QED) is 0.735. The number of hydrogen-bond acceptors (Lipinski definition) is 4. The lowest BCUT2D eigenvalue weighted by molar-refractivity contribution is -0.140. The van der Waals surface area contributed by atoms with Gasteiger partial charge < -0.3 is 25.4 Å². The van der Waals surface area contributed by atoms with Crippen molar-refractivity contribution in [3.63, 3.8) is 0 Å². The van der Waals surface area contributed by atoms with Gasteiger partial charge in [0, 0.05) is 32.6 Å². The zero-order valence-corrected chi connectivity index (χ0v) is 12.6. The highest BCUT2D eigenvalue weighted by molar-refractivity contribution is 5.92. The first-order chi connectivity index (χ1) is 9.85. The first-order valence-electron chi connectivity index (χ1n) is 6.42. The molecule has 0 saturated carbocycles. The van der Waals surface area contributed by atoms with Gasteiger partial charge in [-0.25, -0.2) is 9.59 Å². The van der Waals surface area contributed by atoms with E-state index in [0.717, 1.165) is 11.3 Å². The average molecular weight is 295 g/mol. The third-order valence-corrected chi connectivity index (χ3v) is 2.89. The summed E-state index contributed by atoms with van der Waals surface area (Å²) in [5.41, 5.74) is 2.64. The van der Waals surface area contributed by atoms with E-state index < -0.39 is 18.0 Å².